The van der Waals surface area contributed by atoms with Crippen molar-refractivity contribution in [1.29, 1.82) is 0 Å². The number of unbranched alkanes of at least 4 members (excludes halogenated alkanes) is 1. The number of halogens is 1. The molecule has 1 amide bonds. The maximum atomic E-state index is 13.9. The fourth-order valence-electron chi connectivity index (χ4n) is 5.11. The summed E-state index contributed by atoms with van der Waals surface area (Å²) in [5, 5.41) is 0. The molecule has 0 saturated carbocycles. The highest BCUT2D eigenvalue weighted by molar-refractivity contribution is 6.11. The van der Waals surface area contributed by atoms with Gasteiger partial charge in [-0.1, -0.05) is 31.5 Å². The number of anilines is 1. The smallest absolute Gasteiger partial charge is 0.245 e. The average Bonchev–Trinajstić information content (AvgIpc) is 3.43. The minimum atomic E-state index is -0.725. The van der Waals surface area contributed by atoms with Crippen LogP contribution in [0.1, 0.15) is 42.9 Å². The van der Waals surface area contributed by atoms with E-state index in [4.69, 9.17) is 9.47 Å². The van der Waals surface area contributed by atoms with Crippen molar-refractivity contribution in [3.05, 3.63) is 53.1 Å². The van der Waals surface area contributed by atoms with Gasteiger partial charge in [0.25, 0.3) is 0 Å². The Morgan fingerprint density at radius 3 is 2.71 bits per heavy atom. The van der Waals surface area contributed by atoms with E-state index in [0.29, 0.717) is 13.2 Å². The van der Waals surface area contributed by atoms with Gasteiger partial charge in [-0.15, -0.1) is 12.4 Å². The van der Waals surface area contributed by atoms with E-state index < -0.39 is 5.41 Å². The standard InChI is InChI=1S/C25H30N2O3.ClH/c1-3-4-11-26(2)12-7-13-27-21-9-6-5-8-19(21)25(24(27)28)17-30-23-16-22-18(10-14-29-22)15-20(23)25;/h5-6,8-9,15-16H,3-4,7,10-14,17H2,1-2H3;1H. The summed E-state index contributed by atoms with van der Waals surface area (Å²) in [5.41, 5.74) is 3.57. The molecule has 166 valence electrons. The predicted octanol–water partition coefficient (Wildman–Crippen LogP) is 4.19. The highest BCUT2D eigenvalue weighted by atomic mass is 35.5. The van der Waals surface area contributed by atoms with E-state index >= 15 is 0 Å². The number of nitrogens with zero attached hydrogens (tertiary/aromatic N) is 2. The van der Waals surface area contributed by atoms with E-state index in [1.165, 1.54) is 18.4 Å². The maximum Gasteiger partial charge on any atom is 0.245 e. The molecule has 0 aliphatic carbocycles. The zero-order valence-corrected chi connectivity index (χ0v) is 19.2. The number of carbonyl (C=O) groups is 1. The molecule has 5 rings (SSSR count). The summed E-state index contributed by atoms with van der Waals surface area (Å²) < 4.78 is 11.8. The quantitative estimate of drug-likeness (QED) is 0.644. The van der Waals surface area contributed by atoms with Crippen molar-refractivity contribution in [3.63, 3.8) is 0 Å². The molecule has 0 radical (unpaired) electrons. The lowest BCUT2D eigenvalue weighted by atomic mass is 9.76. The molecule has 2 aromatic carbocycles. The first-order valence-corrected chi connectivity index (χ1v) is 11.2. The molecule has 0 bridgehead atoms. The maximum absolute atomic E-state index is 13.9. The van der Waals surface area contributed by atoms with Gasteiger partial charge in [0.05, 0.1) is 6.61 Å². The van der Waals surface area contributed by atoms with E-state index in [1.807, 2.05) is 23.1 Å². The molecule has 1 atom stereocenters. The lowest BCUT2D eigenvalue weighted by Gasteiger charge is -2.24. The Hall–Kier alpha value is -2.24. The third kappa shape index (κ3) is 3.48. The first-order valence-electron chi connectivity index (χ1n) is 11.2. The van der Waals surface area contributed by atoms with Crippen molar-refractivity contribution in [1.82, 2.24) is 4.90 Å². The number of carbonyl (C=O) groups excluding carboxylic acids is 1. The SMILES string of the molecule is CCCCN(C)CCCN1C(=O)C2(COc3cc4c(cc32)CCO4)c2ccccc21.Cl. The highest BCUT2D eigenvalue weighted by Crippen LogP contribution is 2.53. The van der Waals surface area contributed by atoms with E-state index in [-0.39, 0.29) is 18.3 Å². The lowest BCUT2D eigenvalue weighted by Crippen LogP contribution is -2.43. The van der Waals surface area contributed by atoms with Crippen LogP contribution in [0.4, 0.5) is 5.69 Å². The molecule has 0 fully saturated rings. The molecule has 0 aromatic heterocycles. The number of benzene rings is 2. The Labute approximate surface area is 190 Å². The molecule has 3 heterocycles. The zero-order valence-electron chi connectivity index (χ0n) is 18.4. The van der Waals surface area contributed by atoms with Gasteiger partial charge < -0.3 is 19.3 Å². The van der Waals surface area contributed by atoms with Crippen LogP contribution in [0.15, 0.2) is 36.4 Å². The fraction of sp³-hybridized carbons (Fsp3) is 0.480. The molecule has 1 spiro atoms. The van der Waals surface area contributed by atoms with Gasteiger partial charge in [-0.05, 0) is 56.2 Å². The summed E-state index contributed by atoms with van der Waals surface area (Å²) >= 11 is 0. The van der Waals surface area contributed by atoms with Crippen LogP contribution in [0, 0.1) is 0 Å². The van der Waals surface area contributed by atoms with Gasteiger partial charge in [0.15, 0.2) is 0 Å². The summed E-state index contributed by atoms with van der Waals surface area (Å²) in [7, 11) is 2.17. The summed E-state index contributed by atoms with van der Waals surface area (Å²) in [6, 6.07) is 12.4. The second kappa shape index (κ2) is 8.71. The Bertz CT molecular complexity index is 979. The first kappa shape index (κ1) is 22.0. The van der Waals surface area contributed by atoms with Gasteiger partial charge in [0, 0.05) is 30.3 Å². The van der Waals surface area contributed by atoms with E-state index in [2.05, 4.69) is 37.1 Å². The number of ether oxygens (including phenoxy) is 2. The van der Waals surface area contributed by atoms with Crippen LogP contribution in [0.3, 0.4) is 0 Å². The van der Waals surface area contributed by atoms with Crippen LogP contribution in [-0.4, -0.2) is 50.7 Å². The van der Waals surface area contributed by atoms with Crippen LogP contribution in [-0.2, 0) is 16.6 Å². The second-order valence-electron chi connectivity index (χ2n) is 8.73. The minimum absolute atomic E-state index is 0. The van der Waals surface area contributed by atoms with Crippen molar-refractivity contribution >= 4 is 24.0 Å². The van der Waals surface area contributed by atoms with Crippen molar-refractivity contribution in [2.24, 2.45) is 0 Å². The van der Waals surface area contributed by atoms with Crippen LogP contribution in [0.25, 0.3) is 0 Å². The van der Waals surface area contributed by atoms with Crippen molar-refractivity contribution in [3.8, 4) is 11.5 Å². The number of fused-ring (bicyclic) bond motifs is 5. The van der Waals surface area contributed by atoms with E-state index in [1.54, 1.807) is 0 Å². The molecule has 1 unspecified atom stereocenters. The van der Waals surface area contributed by atoms with Gasteiger partial charge >= 0.3 is 0 Å². The van der Waals surface area contributed by atoms with Crippen LogP contribution >= 0.6 is 12.4 Å². The second-order valence-corrected chi connectivity index (χ2v) is 8.73. The molecule has 6 heteroatoms. The number of amides is 1. The minimum Gasteiger partial charge on any atom is -0.493 e. The molecule has 0 saturated heterocycles. The molecule has 0 N–H and O–H groups in total. The summed E-state index contributed by atoms with van der Waals surface area (Å²) in [6.07, 6.45) is 4.27. The Morgan fingerprint density at radius 1 is 1.06 bits per heavy atom. The highest BCUT2D eigenvalue weighted by Gasteiger charge is 2.57. The fourth-order valence-corrected chi connectivity index (χ4v) is 5.11. The van der Waals surface area contributed by atoms with Crippen molar-refractivity contribution in [2.45, 2.75) is 38.0 Å². The molecular weight excluding hydrogens is 412 g/mol. The molecular formula is C25H31ClN2O3. The predicted molar refractivity (Wildman–Crippen MR) is 125 cm³/mol. The lowest BCUT2D eigenvalue weighted by molar-refractivity contribution is -0.122. The molecule has 3 aliphatic rings. The molecule has 3 aliphatic heterocycles. The summed E-state index contributed by atoms with van der Waals surface area (Å²) in [6.45, 7) is 6.13. The van der Waals surface area contributed by atoms with Crippen LogP contribution in [0.2, 0.25) is 0 Å². The number of hydrogen-bond acceptors (Lipinski definition) is 4. The average molecular weight is 443 g/mol. The van der Waals surface area contributed by atoms with E-state index in [9.17, 15) is 4.79 Å². The van der Waals surface area contributed by atoms with Crippen LogP contribution in [0.5, 0.6) is 11.5 Å². The van der Waals surface area contributed by atoms with Gasteiger partial charge in [0.1, 0.15) is 23.5 Å². The Morgan fingerprint density at radius 2 is 1.87 bits per heavy atom. The third-order valence-electron chi connectivity index (χ3n) is 6.78. The van der Waals surface area contributed by atoms with Crippen molar-refractivity contribution < 1.29 is 14.3 Å². The topological polar surface area (TPSA) is 42.0 Å². The summed E-state index contributed by atoms with van der Waals surface area (Å²) in [4.78, 5) is 18.3. The third-order valence-corrected chi connectivity index (χ3v) is 6.78. The summed E-state index contributed by atoms with van der Waals surface area (Å²) in [5.74, 6) is 1.84. The van der Waals surface area contributed by atoms with Crippen molar-refractivity contribution in [2.75, 3.05) is 44.8 Å². The first-order chi connectivity index (χ1) is 14.6. The van der Waals surface area contributed by atoms with Gasteiger partial charge in [-0.25, -0.2) is 0 Å². The largest absolute Gasteiger partial charge is 0.493 e. The van der Waals surface area contributed by atoms with Crippen LogP contribution < -0.4 is 14.4 Å². The molecule has 5 nitrogen and oxygen atoms in total. The van der Waals surface area contributed by atoms with Gasteiger partial charge in [-0.3, -0.25) is 4.79 Å². The number of hydrogen-bond donors (Lipinski definition) is 0. The zero-order chi connectivity index (χ0) is 20.7. The number of para-hydroxylation sites is 1. The number of rotatable bonds is 7. The molecule has 31 heavy (non-hydrogen) atoms. The normalized spacial score (nSPS) is 20.4. The monoisotopic (exact) mass is 442 g/mol. The van der Waals surface area contributed by atoms with E-state index in [0.717, 1.165) is 60.8 Å². The Balaban J connectivity index is 0.00000231. The molecule has 2 aromatic rings. The van der Waals surface area contributed by atoms with Gasteiger partial charge in [-0.2, -0.15) is 0 Å². The Kier molecular flexibility index (Phi) is 6.18. The van der Waals surface area contributed by atoms with Gasteiger partial charge in [0.2, 0.25) is 5.91 Å².